The first-order chi connectivity index (χ1) is 12.9. The van der Waals surface area contributed by atoms with Crippen molar-refractivity contribution in [3.8, 4) is 17.4 Å². The molecule has 7 heteroatoms. The van der Waals surface area contributed by atoms with Crippen molar-refractivity contribution in [2.75, 3.05) is 20.0 Å². The highest BCUT2D eigenvalue weighted by Gasteiger charge is 2.14. The van der Waals surface area contributed by atoms with Gasteiger partial charge < -0.3 is 24.3 Å². The fourth-order valence-electron chi connectivity index (χ4n) is 2.43. The third kappa shape index (κ3) is 5.59. The number of nitrogens with zero attached hydrogens (tertiary/aromatic N) is 1. The number of ether oxygens (including phenoxy) is 4. The maximum Gasteiger partial charge on any atom is 0.253 e. The van der Waals surface area contributed by atoms with E-state index in [-0.39, 0.29) is 18.3 Å². The third-order valence-corrected chi connectivity index (χ3v) is 3.76. The Morgan fingerprint density at radius 3 is 2.70 bits per heavy atom. The van der Waals surface area contributed by atoms with Crippen LogP contribution in [0.4, 0.5) is 0 Å². The minimum Gasteiger partial charge on any atom is -0.475 e. The number of fused-ring (bicyclic) bond motifs is 1. The molecule has 1 N–H and O–H groups in total. The van der Waals surface area contributed by atoms with Crippen molar-refractivity contribution in [3.05, 3.63) is 47.7 Å². The van der Waals surface area contributed by atoms with Crippen LogP contribution in [0.1, 0.15) is 36.7 Å². The predicted octanol–water partition coefficient (Wildman–Crippen LogP) is 2.93. The van der Waals surface area contributed by atoms with E-state index in [0.29, 0.717) is 37.0 Å². The lowest BCUT2D eigenvalue weighted by atomic mass is 10.2. The Kier molecular flexibility index (Phi) is 5.81. The molecule has 0 unspecified atom stereocenters. The summed E-state index contributed by atoms with van der Waals surface area (Å²) in [5, 5.41) is 2.86. The van der Waals surface area contributed by atoms with Gasteiger partial charge in [-0.15, -0.1) is 0 Å². The number of rotatable bonds is 7. The summed E-state index contributed by atoms with van der Waals surface area (Å²) in [7, 11) is 0. The van der Waals surface area contributed by atoms with Gasteiger partial charge in [0.1, 0.15) is 6.61 Å². The lowest BCUT2D eigenvalue weighted by Crippen LogP contribution is -2.23. The standard InChI is InChI=1S/C20H24N2O5/c1-20(2,3)27-9-8-24-18-7-5-15(12-21-18)19(23)22-11-14-4-6-16-17(10-14)26-13-25-16/h4-7,10,12H,8-9,11,13H2,1-3H3,(H,22,23). The molecule has 0 saturated carbocycles. The van der Waals surface area contributed by atoms with E-state index in [1.807, 2.05) is 39.0 Å². The molecular formula is C20H24N2O5. The highest BCUT2D eigenvalue weighted by atomic mass is 16.7. The number of carbonyl (C=O) groups excluding carboxylic acids is 1. The summed E-state index contributed by atoms with van der Waals surface area (Å²) in [6, 6.07) is 8.94. The van der Waals surface area contributed by atoms with Crippen LogP contribution in [-0.4, -0.2) is 36.5 Å². The minimum atomic E-state index is -0.206. The van der Waals surface area contributed by atoms with Crippen LogP contribution in [0.25, 0.3) is 0 Å². The van der Waals surface area contributed by atoms with Crippen LogP contribution < -0.4 is 19.5 Å². The van der Waals surface area contributed by atoms with Crippen molar-refractivity contribution in [2.24, 2.45) is 0 Å². The summed E-state index contributed by atoms with van der Waals surface area (Å²) < 4.78 is 21.7. The largest absolute Gasteiger partial charge is 0.475 e. The Morgan fingerprint density at radius 2 is 1.96 bits per heavy atom. The van der Waals surface area contributed by atoms with Gasteiger partial charge in [-0.05, 0) is 44.5 Å². The van der Waals surface area contributed by atoms with Crippen molar-refractivity contribution < 1.29 is 23.7 Å². The summed E-state index contributed by atoms with van der Waals surface area (Å²) >= 11 is 0. The van der Waals surface area contributed by atoms with Crippen LogP contribution in [0.15, 0.2) is 36.5 Å². The Labute approximate surface area is 158 Å². The van der Waals surface area contributed by atoms with Crippen LogP contribution in [0.3, 0.4) is 0 Å². The Bertz CT molecular complexity index is 784. The van der Waals surface area contributed by atoms with E-state index in [0.717, 1.165) is 11.3 Å². The Hall–Kier alpha value is -2.80. The van der Waals surface area contributed by atoms with E-state index >= 15 is 0 Å². The average Bonchev–Trinajstić information content (AvgIpc) is 3.11. The minimum absolute atomic E-state index is 0.198. The zero-order valence-electron chi connectivity index (χ0n) is 15.8. The molecule has 1 aliphatic heterocycles. The SMILES string of the molecule is CC(C)(C)OCCOc1ccc(C(=O)NCc2ccc3c(c2)OCO3)cn1. The molecule has 1 aliphatic rings. The van der Waals surface area contributed by atoms with Crippen LogP contribution in [0.2, 0.25) is 0 Å². The number of nitrogens with one attached hydrogen (secondary N) is 1. The van der Waals surface area contributed by atoms with Crippen LogP contribution >= 0.6 is 0 Å². The molecule has 0 radical (unpaired) electrons. The van der Waals surface area contributed by atoms with Crippen molar-refractivity contribution in [1.82, 2.24) is 10.3 Å². The Morgan fingerprint density at radius 1 is 1.15 bits per heavy atom. The quantitative estimate of drug-likeness (QED) is 0.753. The number of aromatic nitrogens is 1. The normalized spacial score (nSPS) is 12.7. The van der Waals surface area contributed by atoms with Gasteiger partial charge in [-0.3, -0.25) is 4.79 Å². The lowest BCUT2D eigenvalue weighted by molar-refractivity contribution is -0.0168. The maximum atomic E-state index is 12.3. The van der Waals surface area contributed by atoms with Gasteiger partial charge in [0.05, 0.1) is 17.8 Å². The second-order valence-electron chi connectivity index (χ2n) is 7.06. The van der Waals surface area contributed by atoms with Gasteiger partial charge in [-0.1, -0.05) is 6.07 Å². The Balaban J connectivity index is 1.46. The predicted molar refractivity (Wildman–Crippen MR) is 99.2 cm³/mol. The summed E-state index contributed by atoms with van der Waals surface area (Å²) in [6.07, 6.45) is 1.49. The second kappa shape index (κ2) is 8.26. The molecule has 7 nitrogen and oxygen atoms in total. The molecule has 0 atom stereocenters. The van der Waals surface area contributed by atoms with Gasteiger partial charge in [-0.2, -0.15) is 0 Å². The van der Waals surface area contributed by atoms with Gasteiger partial charge in [0.2, 0.25) is 12.7 Å². The molecule has 0 bridgehead atoms. The zero-order chi connectivity index (χ0) is 19.3. The fraction of sp³-hybridized carbons (Fsp3) is 0.400. The fourth-order valence-corrected chi connectivity index (χ4v) is 2.43. The lowest BCUT2D eigenvalue weighted by Gasteiger charge is -2.19. The van der Waals surface area contributed by atoms with E-state index in [1.165, 1.54) is 6.20 Å². The smallest absolute Gasteiger partial charge is 0.253 e. The van der Waals surface area contributed by atoms with Crippen molar-refractivity contribution in [3.63, 3.8) is 0 Å². The third-order valence-electron chi connectivity index (χ3n) is 3.76. The summed E-state index contributed by atoms with van der Waals surface area (Å²) in [5.74, 6) is 1.67. The van der Waals surface area contributed by atoms with Crippen molar-refractivity contribution in [2.45, 2.75) is 32.9 Å². The molecular weight excluding hydrogens is 348 g/mol. The first-order valence-electron chi connectivity index (χ1n) is 8.80. The molecule has 27 heavy (non-hydrogen) atoms. The number of hydrogen-bond acceptors (Lipinski definition) is 6. The summed E-state index contributed by atoms with van der Waals surface area (Å²) in [6.45, 7) is 7.46. The van der Waals surface area contributed by atoms with Crippen LogP contribution in [-0.2, 0) is 11.3 Å². The molecule has 1 amide bonds. The monoisotopic (exact) mass is 372 g/mol. The van der Waals surface area contributed by atoms with Crippen molar-refractivity contribution in [1.29, 1.82) is 0 Å². The topological polar surface area (TPSA) is 78.9 Å². The molecule has 3 rings (SSSR count). The van der Waals surface area contributed by atoms with Gasteiger partial charge in [-0.25, -0.2) is 4.98 Å². The molecule has 144 valence electrons. The second-order valence-corrected chi connectivity index (χ2v) is 7.06. The zero-order valence-corrected chi connectivity index (χ0v) is 15.8. The van der Waals surface area contributed by atoms with E-state index < -0.39 is 0 Å². The molecule has 0 spiro atoms. The maximum absolute atomic E-state index is 12.3. The highest BCUT2D eigenvalue weighted by molar-refractivity contribution is 5.93. The molecule has 1 aromatic carbocycles. The van der Waals surface area contributed by atoms with E-state index in [9.17, 15) is 4.79 Å². The number of hydrogen-bond donors (Lipinski definition) is 1. The van der Waals surface area contributed by atoms with Crippen molar-refractivity contribution >= 4 is 5.91 Å². The van der Waals surface area contributed by atoms with Gasteiger partial charge in [0, 0.05) is 18.8 Å². The van der Waals surface area contributed by atoms with Gasteiger partial charge in [0.25, 0.3) is 5.91 Å². The van der Waals surface area contributed by atoms with Gasteiger partial charge >= 0.3 is 0 Å². The highest BCUT2D eigenvalue weighted by Crippen LogP contribution is 2.32. The number of carbonyl (C=O) groups is 1. The summed E-state index contributed by atoms with van der Waals surface area (Å²) in [4.78, 5) is 16.4. The first-order valence-corrected chi connectivity index (χ1v) is 8.80. The molecule has 0 aliphatic carbocycles. The average molecular weight is 372 g/mol. The van der Waals surface area contributed by atoms with E-state index in [1.54, 1.807) is 12.1 Å². The number of benzene rings is 1. The molecule has 1 aromatic heterocycles. The molecule has 2 aromatic rings. The van der Waals surface area contributed by atoms with E-state index in [2.05, 4.69) is 10.3 Å². The van der Waals surface area contributed by atoms with Crippen LogP contribution in [0, 0.1) is 0 Å². The first kappa shape index (κ1) is 19.0. The van der Waals surface area contributed by atoms with Crippen LogP contribution in [0.5, 0.6) is 17.4 Å². The van der Waals surface area contributed by atoms with E-state index in [4.69, 9.17) is 18.9 Å². The number of amides is 1. The summed E-state index contributed by atoms with van der Waals surface area (Å²) in [5.41, 5.74) is 1.20. The molecule has 0 saturated heterocycles. The molecule has 2 heterocycles. The van der Waals surface area contributed by atoms with Gasteiger partial charge in [0.15, 0.2) is 11.5 Å². The number of pyridine rings is 1. The molecule has 0 fully saturated rings.